The highest BCUT2D eigenvalue weighted by Gasteiger charge is 2.44. The van der Waals surface area contributed by atoms with Crippen molar-refractivity contribution in [3.63, 3.8) is 0 Å². The van der Waals surface area contributed by atoms with Gasteiger partial charge in [0.15, 0.2) is 11.5 Å². The van der Waals surface area contributed by atoms with Crippen LogP contribution in [0.3, 0.4) is 0 Å². The largest absolute Gasteiger partial charge is 0.479 e. The molecule has 0 amide bonds. The molecule has 13 nitrogen and oxygen atoms in total. The first-order valence-electron chi connectivity index (χ1n) is 11.4. The fourth-order valence-electron chi connectivity index (χ4n) is 4.35. The maximum absolute atomic E-state index is 13.6. The van der Waals surface area contributed by atoms with Crippen LogP contribution in [0.25, 0.3) is 5.69 Å². The highest BCUT2D eigenvalue weighted by atomic mass is 35.5. The third-order valence-corrected chi connectivity index (χ3v) is 8.57. The molecule has 1 N–H and O–H groups in total. The second-order valence-electron chi connectivity index (χ2n) is 9.31. The Bertz CT molecular complexity index is 1340. The molecule has 37 heavy (non-hydrogen) atoms. The molecule has 0 bridgehead atoms. The van der Waals surface area contributed by atoms with Crippen molar-refractivity contribution in [1.29, 1.82) is 0 Å². The summed E-state index contributed by atoms with van der Waals surface area (Å²) in [6, 6.07) is 0. The summed E-state index contributed by atoms with van der Waals surface area (Å²) in [6.45, 7) is 5.73. The van der Waals surface area contributed by atoms with Crippen LogP contribution in [0, 0.1) is 5.41 Å². The number of aromatic nitrogens is 7. The van der Waals surface area contributed by atoms with E-state index < -0.39 is 21.4 Å². The van der Waals surface area contributed by atoms with Crippen molar-refractivity contribution in [2.75, 3.05) is 26.1 Å². The monoisotopic (exact) mass is 552 g/mol. The molecular weight excluding hydrogens is 524 g/mol. The Morgan fingerprint density at radius 1 is 1.08 bits per heavy atom. The summed E-state index contributed by atoms with van der Waals surface area (Å²) in [4.78, 5) is 16.6. The molecule has 0 radical (unpaired) electrons. The number of halogens is 1. The van der Waals surface area contributed by atoms with E-state index in [2.05, 4.69) is 48.7 Å². The lowest BCUT2D eigenvalue weighted by Gasteiger charge is -2.43. The molecule has 0 spiro atoms. The number of hydrogen-bond donors (Lipinski definition) is 1. The SMILES string of the molecule is COc1ncnc(OC)c1-n1c(NS(=O)(=O)[C@@H](C)[C@H](OC)c2ncc(Cl)cn2)nnc1[C@@H]1CCC1(C)C. The molecule has 0 unspecified atom stereocenters. The number of hydrogen-bond acceptors (Lipinski definition) is 11. The number of methoxy groups -OCH3 is 3. The minimum atomic E-state index is -4.12. The summed E-state index contributed by atoms with van der Waals surface area (Å²) in [5.41, 5.74) is 0.210. The average Bonchev–Trinajstić information content (AvgIpc) is 3.25. The molecule has 3 aromatic heterocycles. The zero-order valence-electron chi connectivity index (χ0n) is 21.3. The van der Waals surface area contributed by atoms with E-state index in [0.717, 1.165) is 12.8 Å². The van der Waals surface area contributed by atoms with Crippen molar-refractivity contribution in [2.45, 2.75) is 50.9 Å². The summed E-state index contributed by atoms with van der Waals surface area (Å²) >= 11 is 5.88. The van der Waals surface area contributed by atoms with Crippen LogP contribution >= 0.6 is 11.6 Å². The molecule has 3 aromatic rings. The van der Waals surface area contributed by atoms with Crippen LogP contribution in [0.2, 0.25) is 5.02 Å². The first-order chi connectivity index (χ1) is 17.5. The zero-order valence-corrected chi connectivity index (χ0v) is 22.9. The van der Waals surface area contributed by atoms with Crippen molar-refractivity contribution >= 4 is 27.6 Å². The Morgan fingerprint density at radius 2 is 1.70 bits per heavy atom. The topological polar surface area (TPSA) is 156 Å². The molecule has 1 aliphatic carbocycles. The molecule has 15 heteroatoms. The second kappa shape index (κ2) is 10.3. The maximum atomic E-state index is 13.6. The fourth-order valence-corrected chi connectivity index (χ4v) is 5.58. The van der Waals surface area contributed by atoms with Crippen LogP contribution in [0.5, 0.6) is 11.8 Å². The fraction of sp³-hybridized carbons (Fsp3) is 0.545. The summed E-state index contributed by atoms with van der Waals surface area (Å²) in [6.07, 6.45) is 4.89. The highest BCUT2D eigenvalue weighted by molar-refractivity contribution is 7.93. The van der Waals surface area contributed by atoms with Crippen LogP contribution in [-0.4, -0.2) is 69.7 Å². The lowest BCUT2D eigenvalue weighted by Crippen LogP contribution is -2.35. The van der Waals surface area contributed by atoms with E-state index in [-0.39, 0.29) is 40.6 Å². The summed E-state index contributed by atoms with van der Waals surface area (Å²) < 4.78 is 47.7. The summed E-state index contributed by atoms with van der Waals surface area (Å²) in [7, 11) is 0.160. The van der Waals surface area contributed by atoms with Gasteiger partial charge in [-0.25, -0.2) is 18.4 Å². The first kappa shape index (κ1) is 26.9. The molecular formula is C22H29ClN8O5S. The van der Waals surface area contributed by atoms with E-state index in [9.17, 15) is 8.42 Å². The Labute approximate surface area is 220 Å². The van der Waals surface area contributed by atoms with Gasteiger partial charge in [-0.15, -0.1) is 10.2 Å². The van der Waals surface area contributed by atoms with Crippen molar-refractivity contribution in [2.24, 2.45) is 5.41 Å². The van der Waals surface area contributed by atoms with E-state index in [0.29, 0.717) is 10.8 Å². The van der Waals surface area contributed by atoms with Crippen LogP contribution in [0.15, 0.2) is 18.7 Å². The minimum absolute atomic E-state index is 0.000475. The Hall–Kier alpha value is -3.10. The van der Waals surface area contributed by atoms with E-state index in [1.165, 1.54) is 47.0 Å². The molecule has 3 atom stereocenters. The van der Waals surface area contributed by atoms with Crippen LogP contribution in [-0.2, 0) is 14.8 Å². The molecule has 1 fully saturated rings. The van der Waals surface area contributed by atoms with Crippen LogP contribution in [0.4, 0.5) is 5.95 Å². The van der Waals surface area contributed by atoms with Crippen molar-refractivity contribution in [3.8, 4) is 17.4 Å². The number of sulfonamides is 1. The zero-order chi connectivity index (χ0) is 27.0. The van der Waals surface area contributed by atoms with E-state index >= 15 is 0 Å². The van der Waals surface area contributed by atoms with Gasteiger partial charge in [0.25, 0.3) is 0 Å². The molecule has 0 saturated heterocycles. The van der Waals surface area contributed by atoms with Crippen molar-refractivity contribution in [1.82, 2.24) is 34.7 Å². The standard InChI is InChI=1S/C22H29ClN8O5S/c1-12(16(34-4)17-24-9-13(23)10-25-17)37(32,33)30-21-29-28-18(14-7-8-22(14,2)3)31(21)15-19(35-5)26-11-27-20(15)36-6/h9-12,14,16H,7-8H2,1-6H3,(H,29,30)/t12-,14-,16-/m0/s1. The van der Waals surface area contributed by atoms with Gasteiger partial charge in [-0.05, 0) is 25.2 Å². The number of ether oxygens (including phenoxy) is 3. The van der Waals surface area contributed by atoms with Gasteiger partial charge in [-0.2, -0.15) is 9.97 Å². The van der Waals surface area contributed by atoms with Gasteiger partial charge in [0, 0.05) is 25.4 Å². The molecule has 4 rings (SSSR count). The summed E-state index contributed by atoms with van der Waals surface area (Å²) in [5, 5.41) is 7.80. The van der Waals surface area contributed by atoms with Crippen LogP contribution in [0.1, 0.15) is 57.3 Å². The predicted molar refractivity (Wildman–Crippen MR) is 135 cm³/mol. The Morgan fingerprint density at radius 3 is 2.19 bits per heavy atom. The minimum Gasteiger partial charge on any atom is -0.479 e. The maximum Gasteiger partial charge on any atom is 0.245 e. The number of rotatable bonds is 10. The highest BCUT2D eigenvalue weighted by Crippen LogP contribution is 2.53. The van der Waals surface area contributed by atoms with Gasteiger partial charge in [0.1, 0.15) is 23.5 Å². The summed E-state index contributed by atoms with van der Waals surface area (Å²) in [5.74, 6) is 0.980. The van der Waals surface area contributed by atoms with Gasteiger partial charge in [0.2, 0.25) is 27.7 Å². The van der Waals surface area contributed by atoms with Gasteiger partial charge in [-0.1, -0.05) is 25.4 Å². The molecule has 3 heterocycles. The molecule has 0 aliphatic heterocycles. The molecule has 1 aliphatic rings. The smallest absolute Gasteiger partial charge is 0.245 e. The second-order valence-corrected chi connectivity index (χ2v) is 11.8. The third-order valence-electron chi connectivity index (χ3n) is 6.68. The molecule has 0 aromatic carbocycles. The lowest BCUT2D eigenvalue weighted by atomic mass is 9.62. The number of anilines is 1. The molecule has 1 saturated carbocycles. The van der Waals surface area contributed by atoms with E-state index in [1.807, 2.05) is 0 Å². The van der Waals surface area contributed by atoms with E-state index in [1.54, 1.807) is 4.57 Å². The van der Waals surface area contributed by atoms with Crippen LogP contribution < -0.4 is 14.2 Å². The van der Waals surface area contributed by atoms with Crippen molar-refractivity contribution in [3.05, 3.63) is 35.4 Å². The van der Waals surface area contributed by atoms with Gasteiger partial charge in [0.05, 0.1) is 19.2 Å². The van der Waals surface area contributed by atoms with Gasteiger partial charge >= 0.3 is 0 Å². The third kappa shape index (κ3) is 5.05. The molecule has 200 valence electrons. The van der Waals surface area contributed by atoms with Gasteiger partial charge < -0.3 is 14.2 Å². The predicted octanol–water partition coefficient (Wildman–Crippen LogP) is 2.94. The number of nitrogens with zero attached hydrogens (tertiary/aromatic N) is 7. The Kier molecular flexibility index (Phi) is 7.53. The quantitative estimate of drug-likeness (QED) is 0.394. The average molecular weight is 553 g/mol. The lowest BCUT2D eigenvalue weighted by molar-refractivity contribution is 0.0950. The Balaban J connectivity index is 1.80. The number of nitrogens with one attached hydrogen (secondary N) is 1. The van der Waals surface area contributed by atoms with Gasteiger partial charge in [-0.3, -0.25) is 9.29 Å². The van der Waals surface area contributed by atoms with Crippen molar-refractivity contribution < 1.29 is 22.6 Å². The van der Waals surface area contributed by atoms with E-state index in [4.69, 9.17) is 25.8 Å². The normalized spacial score (nSPS) is 18.5. The first-order valence-corrected chi connectivity index (χ1v) is 13.4.